The Morgan fingerprint density at radius 3 is 2.15 bits per heavy atom. The molecule has 1 aliphatic rings. The van der Waals surface area contributed by atoms with E-state index in [1.807, 2.05) is 63.2 Å². The molecular formula is C23H27NO3. The molecule has 1 saturated carbocycles. The quantitative estimate of drug-likeness (QED) is 0.666. The van der Waals surface area contributed by atoms with E-state index < -0.39 is 5.60 Å². The van der Waals surface area contributed by atoms with Crippen LogP contribution in [0.4, 0.5) is 10.5 Å². The molecule has 0 unspecified atom stereocenters. The van der Waals surface area contributed by atoms with E-state index >= 15 is 0 Å². The Kier molecular flexibility index (Phi) is 5.64. The van der Waals surface area contributed by atoms with Gasteiger partial charge in [-0.05, 0) is 69.9 Å². The average molecular weight is 365 g/mol. The largest absolute Gasteiger partial charge is 0.443 e. The van der Waals surface area contributed by atoms with Gasteiger partial charge in [0.2, 0.25) is 0 Å². The number of anilines is 1. The summed E-state index contributed by atoms with van der Waals surface area (Å²) in [5.41, 5.74) is 1.90. The SMILES string of the molecule is CC(C)(C)OC(=O)N(c1ccc(C(=O)Cc2ccccc2)cc1)C1CCC1. The van der Waals surface area contributed by atoms with E-state index in [0.29, 0.717) is 12.0 Å². The van der Waals surface area contributed by atoms with Crippen molar-refractivity contribution in [3.63, 3.8) is 0 Å². The van der Waals surface area contributed by atoms with Crippen LogP contribution < -0.4 is 4.90 Å². The Hall–Kier alpha value is -2.62. The summed E-state index contributed by atoms with van der Waals surface area (Å²) in [4.78, 5) is 26.9. The highest BCUT2D eigenvalue weighted by atomic mass is 16.6. The molecule has 2 aromatic carbocycles. The van der Waals surface area contributed by atoms with Gasteiger partial charge in [0.05, 0.1) is 0 Å². The summed E-state index contributed by atoms with van der Waals surface area (Å²) in [5.74, 6) is 0.0696. The van der Waals surface area contributed by atoms with Gasteiger partial charge in [0.25, 0.3) is 0 Å². The van der Waals surface area contributed by atoms with Gasteiger partial charge in [0.1, 0.15) is 5.60 Å². The van der Waals surface area contributed by atoms with Crippen molar-refractivity contribution in [1.82, 2.24) is 0 Å². The zero-order valence-corrected chi connectivity index (χ0v) is 16.3. The summed E-state index contributed by atoms with van der Waals surface area (Å²) in [6.45, 7) is 5.61. The van der Waals surface area contributed by atoms with Gasteiger partial charge < -0.3 is 4.74 Å². The predicted molar refractivity (Wildman–Crippen MR) is 107 cm³/mol. The highest BCUT2D eigenvalue weighted by molar-refractivity contribution is 5.98. The molecule has 0 saturated heterocycles. The second kappa shape index (κ2) is 7.95. The van der Waals surface area contributed by atoms with Crippen LogP contribution in [0.25, 0.3) is 0 Å². The average Bonchev–Trinajstić information content (AvgIpc) is 2.57. The zero-order chi connectivity index (χ0) is 19.4. The van der Waals surface area contributed by atoms with Gasteiger partial charge in [-0.3, -0.25) is 9.69 Å². The summed E-state index contributed by atoms with van der Waals surface area (Å²) >= 11 is 0. The van der Waals surface area contributed by atoms with Crippen LogP contribution in [0.2, 0.25) is 0 Å². The van der Waals surface area contributed by atoms with E-state index in [-0.39, 0.29) is 17.9 Å². The third-order valence-electron chi connectivity index (χ3n) is 4.70. The minimum Gasteiger partial charge on any atom is -0.443 e. The molecule has 0 atom stereocenters. The summed E-state index contributed by atoms with van der Waals surface area (Å²) in [7, 11) is 0. The van der Waals surface area contributed by atoms with Crippen LogP contribution in [-0.2, 0) is 11.2 Å². The van der Waals surface area contributed by atoms with Crippen molar-refractivity contribution in [3.05, 3.63) is 65.7 Å². The van der Waals surface area contributed by atoms with E-state index in [2.05, 4.69) is 0 Å². The number of hydrogen-bond acceptors (Lipinski definition) is 3. The molecule has 4 heteroatoms. The molecule has 0 bridgehead atoms. The second-order valence-electron chi connectivity index (χ2n) is 8.07. The third kappa shape index (κ3) is 4.97. The molecule has 4 nitrogen and oxygen atoms in total. The van der Waals surface area contributed by atoms with Crippen molar-refractivity contribution in [1.29, 1.82) is 0 Å². The van der Waals surface area contributed by atoms with Gasteiger partial charge in [-0.15, -0.1) is 0 Å². The van der Waals surface area contributed by atoms with Gasteiger partial charge >= 0.3 is 6.09 Å². The molecule has 2 aromatic rings. The fraction of sp³-hybridized carbons (Fsp3) is 0.391. The van der Waals surface area contributed by atoms with Gasteiger partial charge in [0.15, 0.2) is 5.78 Å². The first-order chi connectivity index (χ1) is 12.8. The van der Waals surface area contributed by atoms with E-state index in [4.69, 9.17) is 4.74 Å². The van der Waals surface area contributed by atoms with Gasteiger partial charge in [-0.25, -0.2) is 4.79 Å². The number of carbonyl (C=O) groups is 2. The first-order valence-electron chi connectivity index (χ1n) is 9.53. The molecule has 0 aromatic heterocycles. The predicted octanol–water partition coefficient (Wildman–Crippen LogP) is 5.41. The summed E-state index contributed by atoms with van der Waals surface area (Å²) in [6, 6.07) is 17.2. The lowest BCUT2D eigenvalue weighted by molar-refractivity contribution is 0.0549. The van der Waals surface area contributed by atoms with Crippen LogP contribution in [-0.4, -0.2) is 23.5 Å². The minimum absolute atomic E-state index is 0.0696. The minimum atomic E-state index is -0.537. The Morgan fingerprint density at radius 2 is 1.63 bits per heavy atom. The van der Waals surface area contributed by atoms with Crippen molar-refractivity contribution in [2.24, 2.45) is 0 Å². The molecule has 0 radical (unpaired) electrons. The number of amides is 1. The van der Waals surface area contributed by atoms with Crippen LogP contribution in [0, 0.1) is 0 Å². The maximum atomic E-state index is 12.7. The van der Waals surface area contributed by atoms with Crippen molar-refractivity contribution in [3.8, 4) is 0 Å². The second-order valence-corrected chi connectivity index (χ2v) is 8.07. The molecule has 0 spiro atoms. The lowest BCUT2D eigenvalue weighted by atomic mass is 9.91. The number of rotatable bonds is 5. The maximum Gasteiger partial charge on any atom is 0.415 e. The van der Waals surface area contributed by atoms with Crippen LogP contribution in [0.5, 0.6) is 0 Å². The third-order valence-corrected chi connectivity index (χ3v) is 4.70. The molecule has 1 fully saturated rings. The first kappa shape index (κ1) is 19.2. The van der Waals surface area contributed by atoms with E-state index in [9.17, 15) is 9.59 Å². The zero-order valence-electron chi connectivity index (χ0n) is 16.3. The fourth-order valence-corrected chi connectivity index (χ4v) is 3.11. The highest BCUT2D eigenvalue weighted by Crippen LogP contribution is 2.31. The lowest BCUT2D eigenvalue weighted by Gasteiger charge is -2.38. The van der Waals surface area contributed by atoms with E-state index in [0.717, 1.165) is 30.5 Å². The van der Waals surface area contributed by atoms with Gasteiger partial charge in [-0.2, -0.15) is 0 Å². The number of ketones is 1. The molecule has 0 heterocycles. The summed E-state index contributed by atoms with van der Waals surface area (Å²) in [6.07, 6.45) is 3.13. The van der Waals surface area contributed by atoms with Gasteiger partial charge in [0, 0.05) is 23.7 Å². The van der Waals surface area contributed by atoms with Crippen molar-refractivity contribution in [2.75, 3.05) is 4.90 Å². The van der Waals surface area contributed by atoms with Crippen molar-refractivity contribution >= 4 is 17.6 Å². The van der Waals surface area contributed by atoms with Crippen LogP contribution in [0.1, 0.15) is 56.0 Å². The Morgan fingerprint density at radius 1 is 1.00 bits per heavy atom. The number of benzene rings is 2. The van der Waals surface area contributed by atoms with Crippen LogP contribution in [0.15, 0.2) is 54.6 Å². The molecule has 27 heavy (non-hydrogen) atoms. The smallest absolute Gasteiger partial charge is 0.415 e. The van der Waals surface area contributed by atoms with Crippen LogP contribution in [0.3, 0.4) is 0 Å². The van der Waals surface area contributed by atoms with Gasteiger partial charge in [-0.1, -0.05) is 30.3 Å². The number of nitrogens with zero attached hydrogens (tertiary/aromatic N) is 1. The topological polar surface area (TPSA) is 46.6 Å². The standard InChI is InChI=1S/C23H27NO3/c1-23(2,3)27-22(26)24(19-10-7-11-19)20-14-12-18(13-15-20)21(25)16-17-8-5-4-6-9-17/h4-6,8-9,12-15,19H,7,10-11,16H2,1-3H3. The molecule has 1 amide bonds. The molecule has 142 valence electrons. The molecule has 1 aliphatic carbocycles. The number of carbonyl (C=O) groups excluding carboxylic acids is 2. The summed E-state index contributed by atoms with van der Waals surface area (Å²) < 4.78 is 5.59. The van der Waals surface area contributed by atoms with E-state index in [1.54, 1.807) is 17.0 Å². The normalized spacial score (nSPS) is 14.3. The summed E-state index contributed by atoms with van der Waals surface area (Å²) in [5, 5.41) is 0. The monoisotopic (exact) mass is 365 g/mol. The Balaban J connectivity index is 1.75. The molecule has 3 rings (SSSR count). The molecular weight excluding hydrogens is 338 g/mol. The molecule has 0 N–H and O–H groups in total. The maximum absolute atomic E-state index is 12.7. The fourth-order valence-electron chi connectivity index (χ4n) is 3.11. The molecule has 0 aliphatic heterocycles. The number of Topliss-reactive ketones (excluding diaryl/α,β-unsaturated/α-hetero) is 1. The van der Waals surface area contributed by atoms with Crippen LogP contribution >= 0.6 is 0 Å². The Labute approximate surface area is 161 Å². The number of hydrogen-bond donors (Lipinski definition) is 0. The Bertz CT molecular complexity index is 787. The highest BCUT2D eigenvalue weighted by Gasteiger charge is 2.33. The van der Waals surface area contributed by atoms with E-state index in [1.165, 1.54) is 0 Å². The van der Waals surface area contributed by atoms with Crippen molar-refractivity contribution < 1.29 is 14.3 Å². The first-order valence-corrected chi connectivity index (χ1v) is 9.53. The number of ether oxygens (including phenoxy) is 1. The lowest BCUT2D eigenvalue weighted by Crippen LogP contribution is -2.46. The van der Waals surface area contributed by atoms with Crippen molar-refractivity contribution in [2.45, 2.75) is 58.1 Å².